The predicted octanol–water partition coefficient (Wildman–Crippen LogP) is 4.56. The van der Waals surface area contributed by atoms with Crippen molar-refractivity contribution >= 4 is 0 Å². The highest BCUT2D eigenvalue weighted by molar-refractivity contribution is 4.85. The standard InChI is InChI=1S/C12H24/c1-4-6-8-10-12(3)11-9-7-5-2/h8,10,12H,4-7,9,11H2,1-3H3/b10-8+. The molecule has 0 saturated carbocycles. The summed E-state index contributed by atoms with van der Waals surface area (Å²) in [5.41, 5.74) is 0. The van der Waals surface area contributed by atoms with Gasteiger partial charge in [0.05, 0.1) is 0 Å². The highest BCUT2D eigenvalue weighted by Gasteiger charge is 1.94. The van der Waals surface area contributed by atoms with Gasteiger partial charge in [-0.25, -0.2) is 0 Å². The lowest BCUT2D eigenvalue weighted by Gasteiger charge is -2.04. The van der Waals surface area contributed by atoms with Gasteiger partial charge in [0.1, 0.15) is 0 Å². The van der Waals surface area contributed by atoms with Crippen molar-refractivity contribution in [1.29, 1.82) is 0 Å². The summed E-state index contributed by atoms with van der Waals surface area (Å²) in [6, 6.07) is 0. The molecule has 0 heterocycles. The average Bonchev–Trinajstić information content (AvgIpc) is 2.06. The molecule has 0 aromatic rings. The van der Waals surface area contributed by atoms with E-state index in [-0.39, 0.29) is 0 Å². The van der Waals surface area contributed by atoms with Crippen molar-refractivity contribution < 1.29 is 0 Å². The minimum atomic E-state index is 0.795. The van der Waals surface area contributed by atoms with E-state index in [0.717, 1.165) is 5.92 Å². The van der Waals surface area contributed by atoms with E-state index in [0.29, 0.717) is 0 Å². The summed E-state index contributed by atoms with van der Waals surface area (Å²) < 4.78 is 0. The summed E-state index contributed by atoms with van der Waals surface area (Å²) in [6.07, 6.45) is 12.7. The second-order valence-corrected chi connectivity index (χ2v) is 3.69. The molecule has 1 atom stereocenters. The zero-order valence-electron chi connectivity index (χ0n) is 8.97. The monoisotopic (exact) mass is 168 g/mol. The Balaban J connectivity index is 3.26. The first-order chi connectivity index (χ1) is 5.81. The molecule has 72 valence electrons. The van der Waals surface area contributed by atoms with E-state index < -0.39 is 0 Å². The summed E-state index contributed by atoms with van der Waals surface area (Å²) in [5.74, 6) is 0.795. The van der Waals surface area contributed by atoms with Gasteiger partial charge < -0.3 is 0 Å². The Morgan fingerprint density at radius 3 is 2.42 bits per heavy atom. The van der Waals surface area contributed by atoms with Crippen LogP contribution < -0.4 is 0 Å². The fraction of sp³-hybridized carbons (Fsp3) is 0.833. The Hall–Kier alpha value is -0.260. The maximum atomic E-state index is 2.37. The van der Waals surface area contributed by atoms with Crippen molar-refractivity contribution in [3.8, 4) is 0 Å². The third kappa shape index (κ3) is 7.84. The van der Waals surface area contributed by atoms with Crippen LogP contribution in [0.25, 0.3) is 0 Å². The third-order valence-corrected chi connectivity index (χ3v) is 2.18. The first-order valence-electron chi connectivity index (χ1n) is 5.47. The highest BCUT2D eigenvalue weighted by Crippen LogP contribution is 2.10. The first kappa shape index (κ1) is 11.7. The largest absolute Gasteiger partial charge is 0.0883 e. The molecule has 0 aromatic heterocycles. The van der Waals surface area contributed by atoms with Crippen LogP contribution >= 0.6 is 0 Å². The molecule has 0 heteroatoms. The normalized spacial score (nSPS) is 13.9. The second kappa shape index (κ2) is 8.83. The van der Waals surface area contributed by atoms with Gasteiger partial charge in [-0.1, -0.05) is 58.6 Å². The lowest BCUT2D eigenvalue weighted by molar-refractivity contribution is 0.574. The van der Waals surface area contributed by atoms with E-state index in [1.165, 1.54) is 38.5 Å². The smallest absolute Gasteiger partial charge is 0.0262 e. The molecule has 0 aliphatic carbocycles. The Morgan fingerprint density at radius 1 is 1.08 bits per heavy atom. The minimum Gasteiger partial charge on any atom is -0.0883 e. The third-order valence-electron chi connectivity index (χ3n) is 2.18. The van der Waals surface area contributed by atoms with E-state index in [1.807, 2.05) is 0 Å². The number of rotatable bonds is 7. The Morgan fingerprint density at radius 2 is 1.83 bits per heavy atom. The molecule has 0 nitrogen and oxygen atoms in total. The molecule has 0 N–H and O–H groups in total. The zero-order valence-corrected chi connectivity index (χ0v) is 8.97. The van der Waals surface area contributed by atoms with Crippen LogP contribution in [0.3, 0.4) is 0 Å². The quantitative estimate of drug-likeness (QED) is 0.386. The zero-order chi connectivity index (χ0) is 9.23. The van der Waals surface area contributed by atoms with Gasteiger partial charge >= 0.3 is 0 Å². The van der Waals surface area contributed by atoms with Crippen molar-refractivity contribution in [2.45, 2.75) is 59.3 Å². The molecule has 0 aliphatic heterocycles. The van der Waals surface area contributed by atoms with Crippen LogP contribution in [0, 0.1) is 5.92 Å². The minimum absolute atomic E-state index is 0.795. The van der Waals surface area contributed by atoms with Gasteiger partial charge in [0, 0.05) is 0 Å². The number of hydrogen-bond acceptors (Lipinski definition) is 0. The number of allylic oxidation sites excluding steroid dienone is 2. The van der Waals surface area contributed by atoms with Crippen LogP contribution in [0.5, 0.6) is 0 Å². The number of hydrogen-bond donors (Lipinski definition) is 0. The van der Waals surface area contributed by atoms with Gasteiger partial charge in [-0.2, -0.15) is 0 Å². The molecule has 0 aromatic carbocycles. The molecule has 0 radical (unpaired) electrons. The maximum absolute atomic E-state index is 2.37. The van der Waals surface area contributed by atoms with Crippen molar-refractivity contribution in [3.05, 3.63) is 12.2 Å². The summed E-state index contributed by atoms with van der Waals surface area (Å²) in [6.45, 7) is 6.81. The van der Waals surface area contributed by atoms with Gasteiger partial charge in [-0.15, -0.1) is 0 Å². The van der Waals surface area contributed by atoms with Gasteiger partial charge in [-0.3, -0.25) is 0 Å². The molecular weight excluding hydrogens is 144 g/mol. The van der Waals surface area contributed by atoms with E-state index >= 15 is 0 Å². The molecule has 0 fully saturated rings. The second-order valence-electron chi connectivity index (χ2n) is 3.69. The molecule has 0 aliphatic rings. The van der Waals surface area contributed by atoms with Gasteiger partial charge in [-0.05, 0) is 18.8 Å². The first-order valence-corrected chi connectivity index (χ1v) is 5.47. The molecule has 0 rings (SSSR count). The Kier molecular flexibility index (Phi) is 8.64. The van der Waals surface area contributed by atoms with Gasteiger partial charge in [0.25, 0.3) is 0 Å². The van der Waals surface area contributed by atoms with E-state index in [4.69, 9.17) is 0 Å². The van der Waals surface area contributed by atoms with Crippen LogP contribution in [0.15, 0.2) is 12.2 Å². The molecule has 1 unspecified atom stereocenters. The summed E-state index contributed by atoms with van der Waals surface area (Å²) in [7, 11) is 0. The number of unbranched alkanes of at least 4 members (excludes halogenated alkanes) is 3. The van der Waals surface area contributed by atoms with Crippen molar-refractivity contribution in [3.63, 3.8) is 0 Å². The Bertz CT molecular complexity index is 103. The van der Waals surface area contributed by atoms with E-state index in [1.54, 1.807) is 0 Å². The predicted molar refractivity (Wildman–Crippen MR) is 57.4 cm³/mol. The average molecular weight is 168 g/mol. The van der Waals surface area contributed by atoms with E-state index in [2.05, 4.69) is 32.9 Å². The summed E-state index contributed by atoms with van der Waals surface area (Å²) >= 11 is 0. The molecule has 12 heavy (non-hydrogen) atoms. The topological polar surface area (TPSA) is 0 Å². The molecular formula is C12H24. The lowest BCUT2D eigenvalue weighted by atomic mass is 10.0. The molecule has 0 amide bonds. The Labute approximate surface area is 78.1 Å². The van der Waals surface area contributed by atoms with Crippen LogP contribution in [-0.4, -0.2) is 0 Å². The fourth-order valence-electron chi connectivity index (χ4n) is 1.31. The highest BCUT2D eigenvalue weighted by atomic mass is 14.0. The summed E-state index contributed by atoms with van der Waals surface area (Å²) in [5, 5.41) is 0. The molecule has 0 saturated heterocycles. The van der Waals surface area contributed by atoms with Crippen molar-refractivity contribution in [2.24, 2.45) is 5.92 Å². The molecule has 0 spiro atoms. The molecule has 0 bridgehead atoms. The van der Waals surface area contributed by atoms with Crippen LogP contribution in [0.1, 0.15) is 59.3 Å². The van der Waals surface area contributed by atoms with E-state index in [9.17, 15) is 0 Å². The summed E-state index contributed by atoms with van der Waals surface area (Å²) in [4.78, 5) is 0. The SMILES string of the molecule is CCC/C=C/C(C)CCCCC. The van der Waals surface area contributed by atoms with Crippen LogP contribution in [-0.2, 0) is 0 Å². The van der Waals surface area contributed by atoms with Crippen LogP contribution in [0.4, 0.5) is 0 Å². The van der Waals surface area contributed by atoms with Gasteiger partial charge in [0.2, 0.25) is 0 Å². The van der Waals surface area contributed by atoms with Crippen molar-refractivity contribution in [1.82, 2.24) is 0 Å². The van der Waals surface area contributed by atoms with Crippen LogP contribution in [0.2, 0.25) is 0 Å². The van der Waals surface area contributed by atoms with Crippen molar-refractivity contribution in [2.75, 3.05) is 0 Å². The fourth-order valence-corrected chi connectivity index (χ4v) is 1.31. The van der Waals surface area contributed by atoms with Gasteiger partial charge in [0.15, 0.2) is 0 Å². The lowest BCUT2D eigenvalue weighted by Crippen LogP contribution is -1.88. The maximum Gasteiger partial charge on any atom is -0.0262 e.